The lowest BCUT2D eigenvalue weighted by atomic mass is 10.3. The highest BCUT2D eigenvalue weighted by atomic mass is 79.9. The van der Waals surface area contributed by atoms with Crippen molar-refractivity contribution in [1.29, 1.82) is 5.26 Å². The Labute approximate surface area is 66.0 Å². The molecule has 0 saturated carbocycles. The Kier molecular flexibility index (Phi) is 2.10. The van der Waals surface area contributed by atoms with E-state index in [0.717, 1.165) is 0 Å². The van der Waals surface area contributed by atoms with Crippen molar-refractivity contribution in [2.24, 2.45) is 0 Å². The van der Waals surface area contributed by atoms with Gasteiger partial charge in [-0.1, -0.05) is 0 Å². The fourth-order valence-electron chi connectivity index (χ4n) is 0.539. The quantitative estimate of drug-likeness (QED) is 0.703. The summed E-state index contributed by atoms with van der Waals surface area (Å²) in [5.74, 6) is 0.259. The van der Waals surface area contributed by atoms with E-state index in [1.54, 1.807) is 12.1 Å². The van der Waals surface area contributed by atoms with Crippen LogP contribution in [0.15, 0.2) is 21.2 Å². The van der Waals surface area contributed by atoms with Gasteiger partial charge >= 0.3 is 0 Å². The molecule has 1 rings (SSSR count). The number of aliphatic hydroxyl groups excluding tert-OH is 1. The minimum atomic E-state index is -1.16. The molecule has 0 aliphatic rings. The van der Waals surface area contributed by atoms with Crippen molar-refractivity contribution in [3.05, 3.63) is 22.6 Å². The smallest absolute Gasteiger partial charge is 0.198 e. The highest BCUT2D eigenvalue weighted by Gasteiger charge is 2.08. The molecule has 3 nitrogen and oxygen atoms in total. The average Bonchev–Trinajstić information content (AvgIpc) is 2.34. The second-order valence-corrected chi connectivity index (χ2v) is 2.46. The summed E-state index contributed by atoms with van der Waals surface area (Å²) >= 11 is 3.04. The van der Waals surface area contributed by atoms with Gasteiger partial charge in [0.2, 0.25) is 0 Å². The van der Waals surface area contributed by atoms with Gasteiger partial charge in [0.05, 0.1) is 0 Å². The molecular weight excluding hydrogens is 198 g/mol. The molecule has 4 heteroatoms. The molecule has 0 amide bonds. The number of rotatable bonds is 1. The first-order chi connectivity index (χ1) is 4.74. The third-order valence-corrected chi connectivity index (χ3v) is 1.41. The first-order valence-corrected chi connectivity index (χ1v) is 3.36. The Morgan fingerprint density at radius 3 is 2.80 bits per heavy atom. The van der Waals surface area contributed by atoms with E-state index in [9.17, 15) is 0 Å². The van der Waals surface area contributed by atoms with Gasteiger partial charge in [-0.15, -0.1) is 0 Å². The Morgan fingerprint density at radius 1 is 1.70 bits per heavy atom. The Hall–Kier alpha value is -0.790. The van der Waals surface area contributed by atoms with Gasteiger partial charge in [0.15, 0.2) is 10.8 Å². The lowest BCUT2D eigenvalue weighted by Crippen LogP contribution is -1.88. The van der Waals surface area contributed by atoms with E-state index >= 15 is 0 Å². The van der Waals surface area contributed by atoms with Crippen LogP contribution in [0.3, 0.4) is 0 Å². The van der Waals surface area contributed by atoms with E-state index in [1.165, 1.54) is 6.07 Å². The minimum absolute atomic E-state index is 0.259. The molecule has 0 radical (unpaired) electrons. The second-order valence-electron chi connectivity index (χ2n) is 1.67. The first-order valence-electron chi connectivity index (χ1n) is 2.57. The van der Waals surface area contributed by atoms with Crippen LogP contribution in [0.5, 0.6) is 0 Å². The monoisotopic (exact) mass is 201 g/mol. The SMILES string of the molecule is N#CC(O)c1ccc(Br)o1. The van der Waals surface area contributed by atoms with Gasteiger partial charge in [-0.3, -0.25) is 0 Å². The fourth-order valence-corrected chi connectivity index (χ4v) is 0.858. The molecule has 1 N–H and O–H groups in total. The first kappa shape index (κ1) is 7.32. The van der Waals surface area contributed by atoms with Crippen LogP contribution in [0.4, 0.5) is 0 Å². The number of hydrogen-bond acceptors (Lipinski definition) is 3. The topological polar surface area (TPSA) is 57.2 Å². The number of aliphatic hydroxyl groups is 1. The highest BCUT2D eigenvalue weighted by molar-refractivity contribution is 9.10. The zero-order chi connectivity index (χ0) is 7.56. The second kappa shape index (κ2) is 2.86. The van der Waals surface area contributed by atoms with Crippen LogP contribution in [-0.2, 0) is 0 Å². The number of hydrogen-bond donors (Lipinski definition) is 1. The van der Waals surface area contributed by atoms with Crippen molar-refractivity contribution in [3.63, 3.8) is 0 Å². The summed E-state index contributed by atoms with van der Waals surface area (Å²) in [6.45, 7) is 0. The van der Waals surface area contributed by atoms with E-state index in [4.69, 9.17) is 14.8 Å². The molecule has 1 unspecified atom stereocenters. The van der Waals surface area contributed by atoms with Gasteiger partial charge in [0.1, 0.15) is 11.8 Å². The molecule has 0 aliphatic carbocycles. The summed E-state index contributed by atoms with van der Waals surface area (Å²) in [7, 11) is 0. The Morgan fingerprint density at radius 2 is 2.40 bits per heavy atom. The van der Waals surface area contributed by atoms with Gasteiger partial charge in [-0.2, -0.15) is 5.26 Å². The molecule has 0 spiro atoms. The molecule has 0 aliphatic heterocycles. The molecule has 1 heterocycles. The third-order valence-electron chi connectivity index (χ3n) is 0.986. The van der Waals surface area contributed by atoms with Gasteiger partial charge in [-0.05, 0) is 28.1 Å². The van der Waals surface area contributed by atoms with Crippen molar-refractivity contribution < 1.29 is 9.52 Å². The van der Waals surface area contributed by atoms with Crippen molar-refractivity contribution in [2.45, 2.75) is 6.10 Å². The molecule has 0 aromatic carbocycles. The van der Waals surface area contributed by atoms with Crippen LogP contribution in [0.2, 0.25) is 0 Å². The molecular formula is C6H4BrNO2. The number of nitrogens with zero attached hydrogens (tertiary/aromatic N) is 1. The molecule has 1 aromatic heterocycles. The number of nitriles is 1. The number of halogens is 1. The summed E-state index contributed by atoms with van der Waals surface area (Å²) in [6, 6.07) is 4.80. The van der Waals surface area contributed by atoms with Crippen LogP contribution in [-0.4, -0.2) is 5.11 Å². The van der Waals surface area contributed by atoms with Gasteiger partial charge < -0.3 is 9.52 Å². The molecule has 0 bridgehead atoms. The van der Waals surface area contributed by atoms with Gasteiger partial charge in [-0.25, -0.2) is 0 Å². The van der Waals surface area contributed by atoms with E-state index < -0.39 is 6.10 Å². The molecule has 0 fully saturated rings. The molecule has 1 atom stereocenters. The van der Waals surface area contributed by atoms with Gasteiger partial charge in [0.25, 0.3) is 0 Å². The van der Waals surface area contributed by atoms with Crippen LogP contribution in [0.25, 0.3) is 0 Å². The molecule has 10 heavy (non-hydrogen) atoms. The maximum Gasteiger partial charge on any atom is 0.198 e. The van der Waals surface area contributed by atoms with Crippen molar-refractivity contribution in [1.82, 2.24) is 0 Å². The maximum atomic E-state index is 8.87. The summed E-state index contributed by atoms with van der Waals surface area (Å²) in [5, 5.41) is 17.1. The maximum absolute atomic E-state index is 8.87. The lowest BCUT2D eigenvalue weighted by Gasteiger charge is -1.92. The van der Waals surface area contributed by atoms with Crippen molar-refractivity contribution in [3.8, 4) is 6.07 Å². The highest BCUT2D eigenvalue weighted by Crippen LogP contribution is 2.19. The predicted octanol–water partition coefficient (Wildman–Crippen LogP) is 1.60. The standard InChI is InChI=1S/C6H4BrNO2/c7-6-2-1-5(10-6)4(9)3-8/h1-2,4,9H. The zero-order valence-electron chi connectivity index (χ0n) is 4.91. The van der Waals surface area contributed by atoms with Crippen LogP contribution >= 0.6 is 15.9 Å². The molecule has 0 saturated heterocycles. The van der Waals surface area contributed by atoms with Crippen LogP contribution < -0.4 is 0 Å². The van der Waals surface area contributed by atoms with Crippen LogP contribution in [0, 0.1) is 11.3 Å². The van der Waals surface area contributed by atoms with E-state index in [1.807, 2.05) is 0 Å². The molecule has 52 valence electrons. The zero-order valence-corrected chi connectivity index (χ0v) is 6.50. The van der Waals surface area contributed by atoms with E-state index in [-0.39, 0.29) is 5.76 Å². The Balaban J connectivity index is 2.87. The van der Waals surface area contributed by atoms with E-state index in [0.29, 0.717) is 4.67 Å². The van der Waals surface area contributed by atoms with E-state index in [2.05, 4.69) is 15.9 Å². The van der Waals surface area contributed by atoms with Crippen LogP contribution in [0.1, 0.15) is 11.9 Å². The van der Waals surface area contributed by atoms with Crippen molar-refractivity contribution in [2.75, 3.05) is 0 Å². The largest absolute Gasteiger partial charge is 0.450 e. The van der Waals surface area contributed by atoms with Gasteiger partial charge in [0, 0.05) is 0 Å². The normalized spacial score (nSPS) is 12.5. The van der Waals surface area contributed by atoms with Crippen molar-refractivity contribution >= 4 is 15.9 Å². The predicted molar refractivity (Wildman–Crippen MR) is 37.0 cm³/mol. The lowest BCUT2D eigenvalue weighted by molar-refractivity contribution is 0.202. The Bertz CT molecular complexity index is 263. The summed E-state index contributed by atoms with van der Waals surface area (Å²) in [4.78, 5) is 0. The summed E-state index contributed by atoms with van der Waals surface area (Å²) in [5.41, 5.74) is 0. The third kappa shape index (κ3) is 1.38. The average molecular weight is 202 g/mol. The summed E-state index contributed by atoms with van der Waals surface area (Å²) < 4.78 is 5.39. The number of furan rings is 1. The molecule has 1 aromatic rings. The fraction of sp³-hybridized carbons (Fsp3) is 0.167. The minimum Gasteiger partial charge on any atom is -0.450 e. The summed E-state index contributed by atoms with van der Waals surface area (Å²) in [6.07, 6.45) is -1.16.